The largest absolute Gasteiger partial charge is 0.493 e. The van der Waals surface area contributed by atoms with Crippen LogP contribution in [0.15, 0.2) is 40.1 Å². The van der Waals surface area contributed by atoms with E-state index in [0.29, 0.717) is 0 Å². The zero-order valence-corrected chi connectivity index (χ0v) is 17.6. The molecule has 3 aromatic rings. The van der Waals surface area contributed by atoms with Gasteiger partial charge < -0.3 is 9.84 Å². The number of fused-ring (bicyclic) bond motifs is 1. The average molecular weight is 420 g/mol. The van der Waals surface area contributed by atoms with Gasteiger partial charge in [-0.2, -0.15) is 4.57 Å². The maximum absolute atomic E-state index is 12.8. The van der Waals surface area contributed by atoms with Crippen LogP contribution in [-0.2, 0) is 4.74 Å². The van der Waals surface area contributed by atoms with E-state index in [4.69, 9.17) is 4.74 Å². The van der Waals surface area contributed by atoms with Gasteiger partial charge in [0.25, 0.3) is 0 Å². The molecule has 0 saturated carbocycles. The first-order valence-electron chi connectivity index (χ1n) is 9.28. The van der Waals surface area contributed by atoms with E-state index in [-0.39, 0.29) is 17.4 Å². The zero-order chi connectivity index (χ0) is 21.3. The number of ether oxygens (including phenoxy) is 1. The molecule has 7 nitrogen and oxygen atoms in total. The number of carbonyl (C=O) groups is 1. The Morgan fingerprint density at radius 3 is 2.77 bits per heavy atom. The molecule has 8 heteroatoms. The SMILES string of the molecule is CC(C)(C)OC(=O)n1c(/C=C/c2cscn2)nc(C=C2C=Nc3ccccc32)c1O. The maximum Gasteiger partial charge on any atom is 0.423 e. The summed E-state index contributed by atoms with van der Waals surface area (Å²) < 4.78 is 6.51. The molecule has 1 aliphatic heterocycles. The number of carbonyl (C=O) groups excluding carboxylic acids is 1. The molecular weight excluding hydrogens is 400 g/mol. The third kappa shape index (κ3) is 4.08. The van der Waals surface area contributed by atoms with Crippen molar-refractivity contribution < 1.29 is 14.6 Å². The van der Waals surface area contributed by atoms with Crippen LogP contribution in [0.4, 0.5) is 10.5 Å². The van der Waals surface area contributed by atoms with Gasteiger partial charge in [-0.1, -0.05) is 18.2 Å². The van der Waals surface area contributed by atoms with Gasteiger partial charge in [0.15, 0.2) is 0 Å². The van der Waals surface area contributed by atoms with E-state index in [1.54, 1.807) is 50.7 Å². The quantitative estimate of drug-likeness (QED) is 0.625. The lowest BCUT2D eigenvalue weighted by molar-refractivity contribution is 0.0524. The Kier molecular flexibility index (Phi) is 5.09. The monoisotopic (exact) mass is 420 g/mol. The van der Waals surface area contributed by atoms with Crippen molar-refractivity contribution in [3.63, 3.8) is 0 Å². The molecule has 3 heterocycles. The second-order valence-electron chi connectivity index (χ2n) is 7.62. The van der Waals surface area contributed by atoms with Crippen molar-refractivity contribution in [2.75, 3.05) is 0 Å². The van der Waals surface area contributed by atoms with Crippen LogP contribution in [0.3, 0.4) is 0 Å². The number of benzene rings is 1. The molecule has 0 fully saturated rings. The number of aromatic nitrogens is 3. The van der Waals surface area contributed by atoms with Gasteiger partial charge in [0.1, 0.15) is 17.1 Å². The van der Waals surface area contributed by atoms with Crippen molar-refractivity contribution in [1.82, 2.24) is 14.5 Å². The van der Waals surface area contributed by atoms with Gasteiger partial charge in [-0.3, -0.25) is 4.99 Å². The molecule has 4 rings (SSSR count). The van der Waals surface area contributed by atoms with E-state index in [9.17, 15) is 9.90 Å². The highest BCUT2D eigenvalue weighted by Crippen LogP contribution is 2.34. The fourth-order valence-corrected chi connectivity index (χ4v) is 3.43. The Hall–Kier alpha value is -3.52. The molecular formula is C22H20N4O3S. The summed E-state index contributed by atoms with van der Waals surface area (Å²) in [4.78, 5) is 25.8. The highest BCUT2D eigenvalue weighted by molar-refractivity contribution is 7.07. The molecule has 0 radical (unpaired) electrons. The standard InChI is InChI=1S/C22H20N4O3S/c1-22(2,3)29-21(28)26-19(9-8-15-12-30-13-24-15)25-18(20(26)27)10-14-11-23-17-7-5-4-6-16(14)17/h4-13,27H,1-3H3/b9-8+,14-10?. The molecule has 0 spiro atoms. The van der Waals surface area contributed by atoms with Gasteiger partial charge in [0.05, 0.1) is 16.9 Å². The van der Waals surface area contributed by atoms with Crippen molar-refractivity contribution in [1.29, 1.82) is 0 Å². The Morgan fingerprint density at radius 2 is 2.03 bits per heavy atom. The van der Waals surface area contributed by atoms with Crippen molar-refractivity contribution in [2.45, 2.75) is 26.4 Å². The smallest absolute Gasteiger partial charge is 0.423 e. The lowest BCUT2D eigenvalue weighted by atomic mass is 10.1. The average Bonchev–Trinajstić information content (AvgIpc) is 3.39. The van der Waals surface area contributed by atoms with E-state index < -0.39 is 11.7 Å². The second kappa shape index (κ2) is 7.72. The van der Waals surface area contributed by atoms with Gasteiger partial charge >= 0.3 is 6.09 Å². The van der Waals surface area contributed by atoms with Crippen molar-refractivity contribution in [3.8, 4) is 5.88 Å². The normalized spacial score (nSPS) is 14.6. The molecule has 1 aliphatic rings. The molecule has 0 bridgehead atoms. The number of imidazole rings is 1. The number of hydrogen-bond acceptors (Lipinski definition) is 7. The van der Waals surface area contributed by atoms with Crippen molar-refractivity contribution in [2.24, 2.45) is 4.99 Å². The summed E-state index contributed by atoms with van der Waals surface area (Å²) in [5.74, 6) is -0.0581. The van der Waals surface area contributed by atoms with Crippen molar-refractivity contribution >= 4 is 53.1 Å². The van der Waals surface area contributed by atoms with Gasteiger partial charge in [0, 0.05) is 22.7 Å². The number of aliphatic imine (C=N–C) groups is 1. The Bertz CT molecular complexity index is 1180. The van der Waals surface area contributed by atoms with Gasteiger partial charge in [-0.25, -0.2) is 14.8 Å². The molecule has 1 N–H and O–H groups in total. The molecule has 0 saturated heterocycles. The molecule has 0 aliphatic carbocycles. The Balaban J connectivity index is 1.77. The van der Waals surface area contributed by atoms with E-state index in [1.807, 2.05) is 29.6 Å². The molecule has 152 valence electrons. The second-order valence-corrected chi connectivity index (χ2v) is 8.33. The predicted octanol–water partition coefficient (Wildman–Crippen LogP) is 5.26. The fraction of sp³-hybridized carbons (Fsp3) is 0.182. The topological polar surface area (TPSA) is 89.6 Å². The first kappa shape index (κ1) is 19.8. The minimum Gasteiger partial charge on any atom is -0.493 e. The summed E-state index contributed by atoms with van der Waals surface area (Å²) in [5, 5.41) is 12.7. The minimum atomic E-state index is -0.723. The molecule has 30 heavy (non-hydrogen) atoms. The van der Waals surface area contributed by atoms with E-state index >= 15 is 0 Å². The molecule has 0 atom stereocenters. The van der Waals surface area contributed by atoms with E-state index in [0.717, 1.165) is 27.1 Å². The summed E-state index contributed by atoms with van der Waals surface area (Å²) >= 11 is 1.46. The number of rotatable bonds is 3. The highest BCUT2D eigenvalue weighted by Gasteiger charge is 2.25. The number of aromatic hydroxyl groups is 1. The third-order valence-electron chi connectivity index (χ3n) is 4.19. The summed E-state index contributed by atoms with van der Waals surface area (Å²) in [5.41, 5.74) is 4.54. The molecule has 0 unspecified atom stereocenters. The van der Waals surface area contributed by atoms with E-state index in [2.05, 4.69) is 15.0 Å². The number of hydrogen-bond donors (Lipinski definition) is 1. The number of nitrogens with zero attached hydrogens (tertiary/aromatic N) is 4. The fourth-order valence-electron chi connectivity index (χ4n) is 2.91. The van der Waals surface area contributed by atoms with Crippen molar-refractivity contribution in [3.05, 3.63) is 57.9 Å². The Morgan fingerprint density at radius 1 is 1.23 bits per heavy atom. The third-order valence-corrected chi connectivity index (χ3v) is 4.79. The van der Waals surface area contributed by atoms with Gasteiger partial charge in [0.2, 0.25) is 5.88 Å². The lowest BCUT2D eigenvalue weighted by Gasteiger charge is -2.20. The first-order chi connectivity index (χ1) is 14.3. The van der Waals surface area contributed by atoms with E-state index in [1.165, 1.54) is 11.3 Å². The zero-order valence-electron chi connectivity index (χ0n) is 16.7. The first-order valence-corrected chi connectivity index (χ1v) is 10.2. The molecule has 2 aromatic heterocycles. The van der Waals surface area contributed by atoms with Gasteiger partial charge in [-0.15, -0.1) is 11.3 Å². The van der Waals surface area contributed by atoms with Crippen LogP contribution in [0, 0.1) is 0 Å². The molecule has 1 aromatic carbocycles. The minimum absolute atomic E-state index is 0.241. The van der Waals surface area contributed by atoms with Crippen LogP contribution in [0.1, 0.15) is 43.5 Å². The number of para-hydroxylation sites is 1. The summed E-state index contributed by atoms with van der Waals surface area (Å²) in [6, 6.07) is 7.69. The lowest BCUT2D eigenvalue weighted by Crippen LogP contribution is -2.27. The predicted molar refractivity (Wildman–Crippen MR) is 119 cm³/mol. The van der Waals surface area contributed by atoms with Crippen LogP contribution < -0.4 is 0 Å². The number of thiazole rings is 1. The van der Waals surface area contributed by atoms with Crippen LogP contribution in [0.5, 0.6) is 5.88 Å². The maximum atomic E-state index is 12.8. The number of allylic oxidation sites excluding steroid dienone is 1. The highest BCUT2D eigenvalue weighted by atomic mass is 32.1. The van der Waals surface area contributed by atoms with Gasteiger partial charge in [-0.05, 0) is 45.1 Å². The van der Waals surface area contributed by atoms with Crippen LogP contribution >= 0.6 is 11.3 Å². The van der Waals surface area contributed by atoms with Crippen LogP contribution in [-0.4, -0.2) is 37.6 Å². The Labute approximate surface area is 177 Å². The molecule has 0 amide bonds. The summed E-state index contributed by atoms with van der Waals surface area (Å²) in [7, 11) is 0. The van der Waals surface area contributed by atoms with Crippen LogP contribution in [0.25, 0.3) is 23.8 Å². The summed E-state index contributed by atoms with van der Waals surface area (Å²) in [6.45, 7) is 5.29. The van der Waals surface area contributed by atoms with Crippen LogP contribution in [0.2, 0.25) is 0 Å². The summed E-state index contributed by atoms with van der Waals surface area (Å²) in [6.07, 6.45) is 6.04.